The van der Waals surface area contributed by atoms with Gasteiger partial charge in [0.15, 0.2) is 0 Å². The number of hydrogen-bond donors (Lipinski definition) is 1. The summed E-state index contributed by atoms with van der Waals surface area (Å²) in [6, 6.07) is 12.6. The molecule has 108 valence electrons. The Morgan fingerprint density at radius 2 is 2.00 bits per heavy atom. The van der Waals surface area contributed by atoms with Gasteiger partial charge in [-0.25, -0.2) is 4.79 Å². The number of hydrogen-bond acceptors (Lipinski definition) is 4. The van der Waals surface area contributed by atoms with Crippen molar-refractivity contribution in [2.24, 2.45) is 0 Å². The van der Waals surface area contributed by atoms with E-state index in [1.165, 1.54) is 0 Å². The Morgan fingerprint density at radius 3 is 2.57 bits per heavy atom. The van der Waals surface area contributed by atoms with Crippen molar-refractivity contribution >= 4 is 5.97 Å². The van der Waals surface area contributed by atoms with E-state index in [1.807, 2.05) is 12.1 Å². The van der Waals surface area contributed by atoms with Crippen molar-refractivity contribution in [3.63, 3.8) is 0 Å². The van der Waals surface area contributed by atoms with Gasteiger partial charge in [-0.3, -0.25) is 4.90 Å². The largest absolute Gasteiger partial charge is 0.478 e. The average Bonchev–Trinajstić information content (AvgIpc) is 2.98. The maximum absolute atomic E-state index is 10.8. The number of rotatable bonds is 7. The molecule has 0 unspecified atom stereocenters. The molecule has 21 heavy (non-hydrogen) atoms. The van der Waals surface area contributed by atoms with E-state index in [4.69, 9.17) is 14.8 Å². The van der Waals surface area contributed by atoms with Crippen molar-refractivity contribution in [3.05, 3.63) is 59.5 Å². The second kappa shape index (κ2) is 7.27. The minimum atomic E-state index is -0.932. The molecule has 0 saturated carbocycles. The van der Waals surface area contributed by atoms with Gasteiger partial charge in [0.05, 0.1) is 24.4 Å². The Bertz CT molecular complexity index is 612. The second-order valence-corrected chi connectivity index (χ2v) is 4.70. The van der Waals surface area contributed by atoms with Crippen LogP contribution in [0.3, 0.4) is 0 Å². The summed E-state index contributed by atoms with van der Waals surface area (Å²) in [5.41, 5.74) is 1.28. The zero-order chi connectivity index (χ0) is 15.1. The Morgan fingerprint density at radius 1 is 1.24 bits per heavy atom. The molecule has 0 radical (unpaired) electrons. The quantitative estimate of drug-likeness (QED) is 0.845. The predicted octanol–water partition coefficient (Wildman–Crippen LogP) is 2.89. The van der Waals surface area contributed by atoms with Crippen LogP contribution < -0.4 is 0 Å². The Labute approximate surface area is 123 Å². The van der Waals surface area contributed by atoms with Gasteiger partial charge in [0, 0.05) is 19.5 Å². The molecule has 0 atom stereocenters. The highest BCUT2D eigenvalue weighted by atomic mass is 16.4. The third-order valence-corrected chi connectivity index (χ3v) is 3.11. The average molecular weight is 284 g/mol. The second-order valence-electron chi connectivity index (χ2n) is 4.70. The number of carbonyl (C=O) groups is 1. The van der Waals surface area contributed by atoms with Gasteiger partial charge in [-0.1, -0.05) is 12.1 Å². The maximum atomic E-state index is 10.8. The smallest absolute Gasteiger partial charge is 0.335 e. The van der Waals surface area contributed by atoms with Crippen LogP contribution >= 0.6 is 0 Å². The van der Waals surface area contributed by atoms with Gasteiger partial charge in [0.25, 0.3) is 0 Å². The first-order chi connectivity index (χ1) is 10.2. The van der Waals surface area contributed by atoms with Crippen LogP contribution in [-0.4, -0.2) is 22.5 Å². The molecular formula is C16H16N2O3. The summed E-state index contributed by atoms with van der Waals surface area (Å²) in [5.74, 6) is -0.0893. The van der Waals surface area contributed by atoms with Crippen molar-refractivity contribution in [1.29, 1.82) is 5.26 Å². The molecule has 0 amide bonds. The maximum Gasteiger partial charge on any atom is 0.335 e. The number of aromatic carboxylic acids is 1. The molecule has 2 aromatic rings. The molecule has 1 N–H and O–H groups in total. The molecular weight excluding hydrogens is 268 g/mol. The highest BCUT2D eigenvalue weighted by Gasteiger charge is 2.09. The summed E-state index contributed by atoms with van der Waals surface area (Å²) < 4.78 is 5.33. The van der Waals surface area contributed by atoms with E-state index >= 15 is 0 Å². The van der Waals surface area contributed by atoms with Gasteiger partial charge in [-0.15, -0.1) is 0 Å². The van der Waals surface area contributed by atoms with E-state index in [2.05, 4.69) is 11.0 Å². The van der Waals surface area contributed by atoms with Crippen molar-refractivity contribution in [2.45, 2.75) is 19.5 Å². The number of furan rings is 1. The zero-order valence-corrected chi connectivity index (χ0v) is 11.5. The lowest BCUT2D eigenvalue weighted by molar-refractivity contribution is 0.0697. The lowest BCUT2D eigenvalue weighted by atomic mass is 10.1. The molecule has 0 spiro atoms. The summed E-state index contributed by atoms with van der Waals surface area (Å²) in [6.45, 7) is 1.90. The van der Waals surface area contributed by atoms with Crippen LogP contribution in [0.5, 0.6) is 0 Å². The standard InChI is InChI=1S/C16H16N2O3/c17-8-2-9-18(12-15-3-1-10-21-15)11-13-4-6-14(7-5-13)16(19)20/h1,3-7,10H,2,9,11-12H2,(H,19,20). The van der Waals surface area contributed by atoms with Crippen molar-refractivity contribution in [2.75, 3.05) is 6.54 Å². The van der Waals surface area contributed by atoms with Crippen LogP contribution in [-0.2, 0) is 13.1 Å². The monoisotopic (exact) mass is 284 g/mol. The molecule has 2 rings (SSSR count). The molecule has 1 aromatic carbocycles. The zero-order valence-electron chi connectivity index (χ0n) is 11.5. The number of carboxylic acid groups (broad SMARTS) is 1. The first-order valence-corrected chi connectivity index (χ1v) is 6.63. The van der Waals surface area contributed by atoms with E-state index < -0.39 is 5.97 Å². The van der Waals surface area contributed by atoms with Crippen LogP contribution in [0.4, 0.5) is 0 Å². The molecule has 0 aliphatic heterocycles. The SMILES string of the molecule is N#CCCN(Cc1ccc(C(=O)O)cc1)Cc1ccco1. The number of nitriles is 1. The molecule has 0 fully saturated rings. The molecule has 0 saturated heterocycles. The minimum Gasteiger partial charge on any atom is -0.478 e. The van der Waals surface area contributed by atoms with Gasteiger partial charge in [0.1, 0.15) is 5.76 Å². The van der Waals surface area contributed by atoms with E-state index in [0.29, 0.717) is 26.1 Å². The number of carboxylic acids is 1. The van der Waals surface area contributed by atoms with Gasteiger partial charge in [-0.2, -0.15) is 5.26 Å². The predicted molar refractivity (Wildman–Crippen MR) is 76.5 cm³/mol. The van der Waals surface area contributed by atoms with E-state index in [-0.39, 0.29) is 5.56 Å². The minimum absolute atomic E-state index is 0.272. The van der Waals surface area contributed by atoms with Gasteiger partial charge < -0.3 is 9.52 Å². The molecule has 0 aliphatic rings. The normalized spacial score (nSPS) is 10.5. The highest BCUT2D eigenvalue weighted by Crippen LogP contribution is 2.12. The third-order valence-electron chi connectivity index (χ3n) is 3.11. The number of benzene rings is 1. The summed E-state index contributed by atoms with van der Waals surface area (Å²) in [7, 11) is 0. The number of nitrogens with zero attached hydrogens (tertiary/aromatic N) is 2. The molecule has 0 aliphatic carbocycles. The summed E-state index contributed by atoms with van der Waals surface area (Å²) >= 11 is 0. The molecule has 0 bridgehead atoms. The van der Waals surface area contributed by atoms with Crippen molar-refractivity contribution in [1.82, 2.24) is 4.90 Å². The fourth-order valence-corrected chi connectivity index (χ4v) is 2.06. The van der Waals surface area contributed by atoms with Crippen LogP contribution in [0.2, 0.25) is 0 Å². The summed E-state index contributed by atoms with van der Waals surface area (Å²) in [4.78, 5) is 12.9. The van der Waals surface area contributed by atoms with Crippen molar-refractivity contribution in [3.8, 4) is 6.07 Å². The topological polar surface area (TPSA) is 77.5 Å². The first kappa shape index (κ1) is 14.8. The highest BCUT2D eigenvalue weighted by molar-refractivity contribution is 5.87. The molecule has 1 aromatic heterocycles. The Kier molecular flexibility index (Phi) is 5.13. The molecule has 5 nitrogen and oxygen atoms in total. The van der Waals surface area contributed by atoms with Gasteiger partial charge >= 0.3 is 5.97 Å². The molecule has 1 heterocycles. The lowest BCUT2D eigenvalue weighted by Crippen LogP contribution is -2.23. The van der Waals surface area contributed by atoms with Crippen LogP contribution in [0, 0.1) is 11.3 Å². The van der Waals surface area contributed by atoms with Gasteiger partial charge in [-0.05, 0) is 29.8 Å². The van der Waals surface area contributed by atoms with Crippen LogP contribution in [0.15, 0.2) is 47.1 Å². The Balaban J connectivity index is 2.03. The first-order valence-electron chi connectivity index (χ1n) is 6.63. The Hall–Kier alpha value is -2.58. The summed E-state index contributed by atoms with van der Waals surface area (Å²) in [5, 5.41) is 17.6. The van der Waals surface area contributed by atoms with Crippen LogP contribution in [0.25, 0.3) is 0 Å². The fraction of sp³-hybridized carbons (Fsp3) is 0.250. The fourth-order valence-electron chi connectivity index (χ4n) is 2.06. The third kappa shape index (κ3) is 4.48. The van der Waals surface area contributed by atoms with Crippen molar-refractivity contribution < 1.29 is 14.3 Å². The molecule has 5 heteroatoms. The lowest BCUT2D eigenvalue weighted by Gasteiger charge is -2.20. The van der Waals surface area contributed by atoms with E-state index in [1.54, 1.807) is 30.5 Å². The van der Waals surface area contributed by atoms with Gasteiger partial charge in [0.2, 0.25) is 0 Å². The van der Waals surface area contributed by atoms with E-state index in [0.717, 1.165) is 11.3 Å². The van der Waals surface area contributed by atoms with E-state index in [9.17, 15) is 4.79 Å². The van der Waals surface area contributed by atoms with Crippen LogP contribution in [0.1, 0.15) is 28.1 Å². The summed E-state index contributed by atoms with van der Waals surface area (Å²) in [6.07, 6.45) is 2.06.